The van der Waals surface area contributed by atoms with Crippen molar-refractivity contribution < 1.29 is 19.5 Å². The number of hydrogen-bond donors (Lipinski definition) is 1. The molecule has 1 spiro atoms. The van der Waals surface area contributed by atoms with E-state index in [9.17, 15) is 9.90 Å². The van der Waals surface area contributed by atoms with E-state index in [0.29, 0.717) is 29.5 Å². The molecule has 2 atom stereocenters. The maximum atomic E-state index is 12.3. The number of rotatable bonds is 5. The largest absolute Gasteiger partial charge is 0.511 e. The number of aliphatic hydroxyl groups is 1. The minimum Gasteiger partial charge on any atom is -0.511 e. The van der Waals surface area contributed by atoms with Gasteiger partial charge in [-0.1, -0.05) is 37.2 Å². The summed E-state index contributed by atoms with van der Waals surface area (Å²) in [7, 11) is 0. The molecule has 0 aromatic carbocycles. The second-order valence-electron chi connectivity index (χ2n) is 6.10. The van der Waals surface area contributed by atoms with Gasteiger partial charge in [-0.2, -0.15) is 0 Å². The average molecular weight is 328 g/mol. The lowest BCUT2D eigenvalue weighted by Crippen LogP contribution is -2.39. The van der Waals surface area contributed by atoms with E-state index in [1.165, 1.54) is 0 Å². The number of aliphatic hydroxyl groups excluding tert-OH is 1. The average Bonchev–Trinajstić information content (AvgIpc) is 2.76. The highest BCUT2D eigenvalue weighted by Crippen LogP contribution is 2.44. The molecule has 6 heteroatoms. The van der Waals surface area contributed by atoms with Crippen molar-refractivity contribution in [3.8, 4) is 0 Å². The standard InChI is InChI=1S/C16H22ClNO4/c1-4-12(18-21-9-11(3)17)14-13(19)8-16(22-15(14)20)6-5-10(2)7-16/h10,19H,3-9H2,1-2H3. The molecule has 2 rings (SSSR count). The Hall–Kier alpha value is -1.49. The number of carbonyl (C=O) groups is 1. The molecule has 5 nitrogen and oxygen atoms in total. The molecule has 1 heterocycles. The summed E-state index contributed by atoms with van der Waals surface area (Å²) in [6.07, 6.45) is 3.37. The van der Waals surface area contributed by atoms with E-state index in [0.717, 1.165) is 19.3 Å². The topological polar surface area (TPSA) is 68.1 Å². The minimum absolute atomic E-state index is 0.0410. The minimum atomic E-state index is -0.547. The van der Waals surface area contributed by atoms with Crippen molar-refractivity contribution in [3.05, 3.63) is 22.9 Å². The Morgan fingerprint density at radius 1 is 1.64 bits per heavy atom. The number of nitrogens with zero attached hydrogens (tertiary/aromatic N) is 1. The molecule has 0 radical (unpaired) electrons. The SMILES string of the molecule is C=C(Cl)CON=C(CC)C1=C(O)CC2(CCC(C)C2)OC1=O. The maximum absolute atomic E-state index is 12.3. The zero-order valence-electron chi connectivity index (χ0n) is 13.0. The van der Waals surface area contributed by atoms with Gasteiger partial charge in [-0.25, -0.2) is 4.79 Å². The molecule has 1 saturated carbocycles. The molecule has 0 amide bonds. The summed E-state index contributed by atoms with van der Waals surface area (Å²) < 4.78 is 5.66. The number of esters is 1. The number of oxime groups is 1. The van der Waals surface area contributed by atoms with Gasteiger partial charge in [0.15, 0.2) is 6.61 Å². The third kappa shape index (κ3) is 3.64. The quantitative estimate of drug-likeness (QED) is 0.473. The van der Waals surface area contributed by atoms with Crippen molar-refractivity contribution in [2.75, 3.05) is 6.61 Å². The van der Waals surface area contributed by atoms with Gasteiger partial charge >= 0.3 is 5.97 Å². The lowest BCUT2D eigenvalue weighted by Gasteiger charge is -2.34. The summed E-state index contributed by atoms with van der Waals surface area (Å²) in [6, 6.07) is 0. The molecule has 0 saturated heterocycles. The third-order valence-electron chi connectivity index (χ3n) is 4.12. The molecular weight excluding hydrogens is 306 g/mol. The molecule has 22 heavy (non-hydrogen) atoms. The van der Waals surface area contributed by atoms with Crippen LogP contribution in [0.15, 0.2) is 28.1 Å². The summed E-state index contributed by atoms with van der Waals surface area (Å²) in [6.45, 7) is 7.50. The molecule has 1 N–H and O–H groups in total. The zero-order valence-corrected chi connectivity index (χ0v) is 13.8. The third-order valence-corrected chi connectivity index (χ3v) is 4.23. The summed E-state index contributed by atoms with van der Waals surface area (Å²) >= 11 is 5.60. The van der Waals surface area contributed by atoms with Crippen molar-refractivity contribution >= 4 is 23.3 Å². The zero-order chi connectivity index (χ0) is 16.3. The predicted molar refractivity (Wildman–Crippen MR) is 84.8 cm³/mol. The van der Waals surface area contributed by atoms with Crippen LogP contribution in [0.5, 0.6) is 0 Å². The first kappa shape index (κ1) is 16.9. The highest BCUT2D eigenvalue weighted by molar-refractivity contribution is 6.29. The molecular formula is C16H22ClNO4. The van der Waals surface area contributed by atoms with E-state index in [1.807, 2.05) is 6.92 Å². The van der Waals surface area contributed by atoms with E-state index in [2.05, 4.69) is 18.7 Å². The first-order valence-electron chi connectivity index (χ1n) is 7.55. The van der Waals surface area contributed by atoms with Crippen LogP contribution in [0.2, 0.25) is 0 Å². The Labute approximate surface area is 135 Å². The van der Waals surface area contributed by atoms with E-state index in [1.54, 1.807) is 0 Å². The molecule has 1 aliphatic carbocycles. The Kier molecular flexibility index (Phi) is 5.16. The van der Waals surface area contributed by atoms with Crippen LogP contribution in [0.4, 0.5) is 0 Å². The van der Waals surface area contributed by atoms with Crippen molar-refractivity contribution in [2.24, 2.45) is 11.1 Å². The number of carbonyl (C=O) groups excluding carboxylic acids is 1. The molecule has 122 valence electrons. The van der Waals surface area contributed by atoms with Gasteiger partial charge in [0.25, 0.3) is 0 Å². The molecule has 0 bridgehead atoms. The second kappa shape index (κ2) is 6.73. The van der Waals surface area contributed by atoms with E-state index in [4.69, 9.17) is 21.2 Å². The summed E-state index contributed by atoms with van der Waals surface area (Å²) in [5.41, 5.74) is -0.0667. The van der Waals surface area contributed by atoms with Crippen molar-refractivity contribution in [1.29, 1.82) is 0 Å². The Morgan fingerprint density at radius 3 is 2.86 bits per heavy atom. The first-order valence-corrected chi connectivity index (χ1v) is 7.92. The van der Waals surface area contributed by atoms with Crippen LogP contribution >= 0.6 is 11.6 Å². The lowest BCUT2D eigenvalue weighted by atomic mass is 9.89. The Morgan fingerprint density at radius 2 is 2.36 bits per heavy atom. The molecule has 0 aromatic rings. The van der Waals surface area contributed by atoms with Crippen LogP contribution in [0, 0.1) is 5.92 Å². The van der Waals surface area contributed by atoms with Crippen LogP contribution in [-0.2, 0) is 14.4 Å². The van der Waals surface area contributed by atoms with Gasteiger partial charge in [0.05, 0.1) is 10.7 Å². The fourth-order valence-corrected chi connectivity index (χ4v) is 3.20. The maximum Gasteiger partial charge on any atom is 0.344 e. The molecule has 2 unspecified atom stereocenters. The summed E-state index contributed by atoms with van der Waals surface area (Å²) in [4.78, 5) is 17.4. The number of ether oxygens (including phenoxy) is 1. The van der Waals surface area contributed by atoms with Crippen molar-refractivity contribution in [2.45, 2.75) is 51.6 Å². The van der Waals surface area contributed by atoms with Gasteiger partial charge in [0.1, 0.15) is 16.9 Å². The fraction of sp³-hybridized carbons (Fsp3) is 0.625. The van der Waals surface area contributed by atoms with Crippen LogP contribution in [0.1, 0.15) is 46.0 Å². The Bertz CT molecular complexity index is 540. The smallest absolute Gasteiger partial charge is 0.344 e. The highest BCUT2D eigenvalue weighted by atomic mass is 35.5. The fourth-order valence-electron chi connectivity index (χ4n) is 3.15. The predicted octanol–water partition coefficient (Wildman–Crippen LogP) is 3.84. The van der Waals surface area contributed by atoms with E-state index >= 15 is 0 Å². The van der Waals surface area contributed by atoms with Gasteiger partial charge in [0, 0.05) is 6.42 Å². The van der Waals surface area contributed by atoms with Gasteiger partial charge in [-0.3, -0.25) is 0 Å². The molecule has 2 aliphatic rings. The van der Waals surface area contributed by atoms with Gasteiger partial charge in [0.2, 0.25) is 0 Å². The Balaban J connectivity index is 2.20. The van der Waals surface area contributed by atoms with E-state index < -0.39 is 11.6 Å². The molecule has 1 fully saturated rings. The highest BCUT2D eigenvalue weighted by Gasteiger charge is 2.46. The lowest BCUT2D eigenvalue weighted by molar-refractivity contribution is -0.157. The van der Waals surface area contributed by atoms with Crippen molar-refractivity contribution in [1.82, 2.24) is 0 Å². The summed E-state index contributed by atoms with van der Waals surface area (Å²) in [5, 5.41) is 14.6. The second-order valence-corrected chi connectivity index (χ2v) is 6.64. The van der Waals surface area contributed by atoms with Gasteiger partial charge < -0.3 is 14.7 Å². The molecule has 0 aromatic heterocycles. The van der Waals surface area contributed by atoms with Crippen LogP contribution in [0.25, 0.3) is 0 Å². The normalized spacial score (nSPS) is 29.0. The number of halogens is 1. The van der Waals surface area contributed by atoms with Gasteiger partial charge in [-0.05, 0) is 31.6 Å². The van der Waals surface area contributed by atoms with E-state index in [-0.39, 0.29) is 17.9 Å². The molecule has 1 aliphatic heterocycles. The van der Waals surface area contributed by atoms with Crippen molar-refractivity contribution in [3.63, 3.8) is 0 Å². The van der Waals surface area contributed by atoms with Crippen LogP contribution < -0.4 is 0 Å². The van der Waals surface area contributed by atoms with Gasteiger partial charge in [-0.15, -0.1) is 0 Å². The van der Waals surface area contributed by atoms with Crippen LogP contribution in [0.3, 0.4) is 0 Å². The number of hydrogen-bond acceptors (Lipinski definition) is 5. The van der Waals surface area contributed by atoms with Crippen LogP contribution in [-0.4, -0.2) is 29.0 Å². The monoisotopic (exact) mass is 327 g/mol. The first-order chi connectivity index (χ1) is 10.4. The summed E-state index contributed by atoms with van der Waals surface area (Å²) in [5.74, 6) is 0.0190.